The van der Waals surface area contributed by atoms with Crippen LogP contribution in [0.1, 0.15) is 18.4 Å². The normalized spacial score (nSPS) is 17.0. The van der Waals surface area contributed by atoms with E-state index in [1.165, 1.54) is 17.6 Å². The molecule has 0 radical (unpaired) electrons. The molecule has 0 unspecified atom stereocenters. The van der Waals surface area contributed by atoms with Gasteiger partial charge < -0.3 is 0 Å². The Morgan fingerprint density at radius 1 is 1.00 bits per heavy atom. The fraction of sp³-hybridized carbons (Fsp3) is 0.222. The maximum atomic E-state index is 3.51. The first kappa shape index (κ1) is 21.4. The Bertz CT molecular complexity index is 780. The van der Waals surface area contributed by atoms with E-state index in [1.807, 2.05) is 0 Å². The zero-order valence-corrected chi connectivity index (χ0v) is 20.6. The molecule has 0 bridgehead atoms. The first-order valence-electron chi connectivity index (χ1n) is 7.46. The summed E-state index contributed by atoms with van der Waals surface area (Å²) in [4.78, 5) is 0. The summed E-state index contributed by atoms with van der Waals surface area (Å²) in [6, 6.07) is 8.67. The van der Waals surface area contributed by atoms with Crippen molar-refractivity contribution in [3.05, 3.63) is 71.2 Å². The Morgan fingerprint density at radius 2 is 1.65 bits per heavy atom. The van der Waals surface area contributed by atoms with E-state index in [9.17, 15) is 0 Å². The zero-order valence-electron chi connectivity index (χ0n) is 13.5. The van der Waals surface area contributed by atoms with Crippen LogP contribution in [-0.4, -0.2) is 6.88 Å². The Balaban J connectivity index is 0.00000132. The molecule has 3 rings (SSSR count). The van der Waals surface area contributed by atoms with Gasteiger partial charge in [-0.3, -0.25) is 0 Å². The molecular formula is C18H23BrCl2SiZr. The summed E-state index contributed by atoms with van der Waals surface area (Å²) in [5.74, 6) is 0. The zero-order chi connectivity index (χ0) is 15.1. The van der Waals surface area contributed by atoms with Crippen LogP contribution in [0.3, 0.4) is 0 Å². The Labute approximate surface area is 162 Å². The summed E-state index contributed by atoms with van der Waals surface area (Å²) in [6.07, 6.45) is 14.1. The fourth-order valence-corrected chi connectivity index (χ4v) is 14.3. The molecule has 1 aromatic carbocycles. The summed E-state index contributed by atoms with van der Waals surface area (Å²) in [7, 11) is 0. The molecule has 0 saturated heterocycles. The third kappa shape index (κ3) is 4.30. The summed E-state index contributed by atoms with van der Waals surface area (Å²) < 4.78 is 9.77. The van der Waals surface area contributed by atoms with Crippen LogP contribution in [0.15, 0.2) is 65.7 Å². The van der Waals surface area contributed by atoms with Gasteiger partial charge in [0, 0.05) is 0 Å². The average molecular weight is 510 g/mol. The molecular weight excluding hydrogens is 486 g/mol. The number of rotatable bonds is 3. The van der Waals surface area contributed by atoms with Crippen LogP contribution in [0, 0.1) is 0 Å². The van der Waals surface area contributed by atoms with E-state index >= 15 is 0 Å². The van der Waals surface area contributed by atoms with E-state index in [4.69, 9.17) is 0 Å². The summed E-state index contributed by atoms with van der Waals surface area (Å²) >= 11 is 0.651. The average Bonchev–Trinajstić information content (AvgIpc) is 3.12. The molecule has 1 aromatic rings. The molecule has 0 fully saturated rings. The first-order valence-corrected chi connectivity index (χ1v) is 21.5. The van der Waals surface area contributed by atoms with Crippen LogP contribution in [-0.2, 0) is 17.4 Å². The van der Waals surface area contributed by atoms with Crippen LogP contribution in [0.2, 0.25) is 9.26 Å². The van der Waals surface area contributed by atoms with Crippen molar-refractivity contribution in [3.8, 4) is 0 Å². The SMILES string of the molecule is Cl.Cl.[CH3][Zr]([CH3])(=[SiH2])([C]1=CC=CC1)[C]1=CC(c2ccc(Br)cc2)=CC1. The molecule has 0 heterocycles. The molecule has 2 aliphatic rings. The number of hydrogen-bond donors (Lipinski definition) is 0. The monoisotopic (exact) mass is 506 g/mol. The second kappa shape index (κ2) is 7.70. The minimum absolute atomic E-state index is 0. The van der Waals surface area contributed by atoms with Crippen molar-refractivity contribution in [2.24, 2.45) is 0 Å². The topological polar surface area (TPSA) is 0 Å². The summed E-state index contributed by atoms with van der Waals surface area (Å²) in [5, 5.41) is 0. The summed E-state index contributed by atoms with van der Waals surface area (Å²) in [6.45, 7) is 2.33. The van der Waals surface area contributed by atoms with Crippen molar-refractivity contribution in [2.45, 2.75) is 22.1 Å². The molecule has 0 aromatic heterocycles. The predicted molar refractivity (Wildman–Crippen MR) is 111 cm³/mol. The van der Waals surface area contributed by atoms with Gasteiger partial charge in [0.15, 0.2) is 0 Å². The molecule has 0 spiro atoms. The van der Waals surface area contributed by atoms with Crippen molar-refractivity contribution in [1.82, 2.24) is 0 Å². The van der Waals surface area contributed by atoms with Crippen molar-refractivity contribution in [3.63, 3.8) is 0 Å². The van der Waals surface area contributed by atoms with Gasteiger partial charge in [-0.15, -0.1) is 24.8 Å². The van der Waals surface area contributed by atoms with E-state index < -0.39 is 17.4 Å². The Kier molecular flexibility index (Phi) is 7.16. The van der Waals surface area contributed by atoms with Crippen LogP contribution >= 0.6 is 40.7 Å². The molecule has 0 atom stereocenters. The molecule has 2 aliphatic carbocycles. The van der Waals surface area contributed by atoms with Crippen molar-refractivity contribution in [2.75, 3.05) is 0 Å². The van der Waals surface area contributed by atoms with Crippen LogP contribution in [0.4, 0.5) is 0 Å². The van der Waals surface area contributed by atoms with E-state index in [0.717, 1.165) is 10.9 Å². The number of allylic oxidation sites excluding steroid dienone is 8. The quantitative estimate of drug-likeness (QED) is 0.430. The van der Waals surface area contributed by atoms with Gasteiger partial charge in [0.25, 0.3) is 0 Å². The maximum absolute atomic E-state index is 3.51. The fourth-order valence-electron chi connectivity index (χ4n) is 3.18. The molecule has 0 saturated carbocycles. The van der Waals surface area contributed by atoms with Gasteiger partial charge in [0.1, 0.15) is 0 Å². The van der Waals surface area contributed by atoms with Gasteiger partial charge in [-0.25, -0.2) is 0 Å². The molecule has 0 aliphatic heterocycles. The van der Waals surface area contributed by atoms with Crippen molar-refractivity contribution < 1.29 is 17.4 Å². The van der Waals surface area contributed by atoms with Crippen LogP contribution in [0.25, 0.3) is 5.57 Å². The van der Waals surface area contributed by atoms with Gasteiger partial charge in [-0.1, -0.05) is 0 Å². The number of halogens is 3. The predicted octanol–water partition coefficient (Wildman–Crippen LogP) is 6.14. The molecule has 124 valence electrons. The summed E-state index contributed by atoms with van der Waals surface area (Å²) in [5.41, 5.74) is 2.74. The van der Waals surface area contributed by atoms with Crippen molar-refractivity contribution >= 4 is 53.2 Å². The third-order valence-corrected chi connectivity index (χ3v) is 22.7. The molecule has 0 N–H and O–H groups in total. The van der Waals surface area contributed by atoms with E-state index in [2.05, 4.69) is 86.7 Å². The number of benzene rings is 1. The van der Waals surface area contributed by atoms with E-state index in [0.29, 0.717) is 0 Å². The molecule has 0 amide bonds. The molecule has 5 heteroatoms. The second-order valence-electron chi connectivity index (χ2n) is 7.05. The minimum atomic E-state index is -2.86. The van der Waals surface area contributed by atoms with Gasteiger partial charge in [0.2, 0.25) is 0 Å². The standard InChI is InChI=1S/C11H8Br.C5H5.2CH3.2ClH.H2Si.Zr/c12-11-7-5-10(6-8-11)9-3-1-2-4-9;1-2-4-5-3-1;;;;;;/h3-8H,1H2;1-3H,4H2;2*1H3;2*1H;1H2;. The van der Waals surface area contributed by atoms with Gasteiger partial charge in [-0.05, 0) is 0 Å². The first-order chi connectivity index (χ1) is 9.85. The second-order valence-corrected chi connectivity index (χ2v) is 36.9. The third-order valence-electron chi connectivity index (χ3n) is 4.88. The van der Waals surface area contributed by atoms with E-state index in [-0.39, 0.29) is 24.8 Å². The Morgan fingerprint density at radius 3 is 2.22 bits per heavy atom. The van der Waals surface area contributed by atoms with Gasteiger partial charge >= 0.3 is 139 Å². The van der Waals surface area contributed by atoms with Crippen molar-refractivity contribution in [1.29, 1.82) is 0 Å². The van der Waals surface area contributed by atoms with Gasteiger partial charge in [-0.2, -0.15) is 0 Å². The van der Waals surface area contributed by atoms with Gasteiger partial charge in [0.05, 0.1) is 0 Å². The Hall–Kier alpha value is 0.340. The molecule has 0 nitrogen and oxygen atoms in total. The van der Waals surface area contributed by atoms with Crippen LogP contribution in [0.5, 0.6) is 0 Å². The van der Waals surface area contributed by atoms with Crippen LogP contribution < -0.4 is 0 Å². The molecule has 23 heavy (non-hydrogen) atoms. The van der Waals surface area contributed by atoms with E-state index in [1.54, 1.807) is 6.56 Å². The number of hydrogen-bond acceptors (Lipinski definition) is 0.